The molecule has 0 aliphatic carbocycles. The summed E-state index contributed by atoms with van der Waals surface area (Å²) in [7, 11) is 1.64. The van der Waals surface area contributed by atoms with Crippen molar-refractivity contribution >= 4 is 22.6 Å². The maximum Gasteiger partial charge on any atom is 0.141 e. The lowest BCUT2D eigenvalue weighted by molar-refractivity contribution is 0.411. The molecule has 0 spiro atoms. The molecule has 0 saturated heterocycles. The van der Waals surface area contributed by atoms with Crippen molar-refractivity contribution in [3.8, 4) is 17.0 Å². The predicted molar refractivity (Wildman–Crippen MR) is 133 cm³/mol. The van der Waals surface area contributed by atoms with Gasteiger partial charge >= 0.3 is 0 Å². The summed E-state index contributed by atoms with van der Waals surface area (Å²) in [4.78, 5) is 15.1. The van der Waals surface area contributed by atoms with Crippen molar-refractivity contribution in [3.63, 3.8) is 0 Å². The van der Waals surface area contributed by atoms with Crippen LogP contribution in [0.3, 0.4) is 0 Å². The summed E-state index contributed by atoms with van der Waals surface area (Å²) in [5, 5.41) is 4.34. The average Bonchev–Trinajstić information content (AvgIpc) is 2.79. The summed E-state index contributed by atoms with van der Waals surface area (Å²) < 4.78 is 19.0. The first kappa shape index (κ1) is 23.7. The molecular weight excluding hydrogens is 423 g/mol. The molecule has 1 atom stereocenters. The summed E-state index contributed by atoms with van der Waals surface area (Å²) in [6.07, 6.45) is 8.18. The number of aliphatic imine (C=N–C) groups is 2. The highest BCUT2D eigenvalue weighted by atomic mass is 32.2. The highest BCUT2D eigenvalue weighted by molar-refractivity contribution is 8.17. The third-order valence-electron chi connectivity index (χ3n) is 5.00. The first-order chi connectivity index (χ1) is 15.4. The van der Waals surface area contributed by atoms with Crippen molar-refractivity contribution in [2.24, 2.45) is 9.98 Å². The Morgan fingerprint density at radius 1 is 1.34 bits per heavy atom. The summed E-state index contributed by atoms with van der Waals surface area (Å²) in [6, 6.07) is 6.88. The number of allylic oxidation sites excluding steroid dienone is 2. The minimum absolute atomic E-state index is 0.112. The van der Waals surface area contributed by atoms with E-state index in [1.165, 1.54) is 17.2 Å². The molecule has 0 amide bonds. The van der Waals surface area contributed by atoms with Crippen LogP contribution in [0.1, 0.15) is 38.3 Å². The second-order valence-electron chi connectivity index (χ2n) is 7.42. The van der Waals surface area contributed by atoms with Crippen molar-refractivity contribution in [3.05, 3.63) is 70.7 Å². The number of pyridine rings is 1. The molecule has 2 aromatic rings. The summed E-state index contributed by atoms with van der Waals surface area (Å²) in [6.45, 7) is 8.90. The second-order valence-corrected chi connectivity index (χ2v) is 8.68. The Morgan fingerprint density at radius 2 is 2.16 bits per heavy atom. The van der Waals surface area contributed by atoms with Crippen LogP contribution in [0, 0.1) is 12.7 Å². The fourth-order valence-corrected chi connectivity index (χ4v) is 4.10. The number of nitrogens with one attached hydrogen (secondary N) is 1. The Morgan fingerprint density at radius 3 is 2.81 bits per heavy atom. The number of thioether (sulfide) groups is 1. The van der Waals surface area contributed by atoms with Gasteiger partial charge in [-0.05, 0) is 62.6 Å². The number of hydrogen-bond acceptors (Lipinski definition) is 5. The van der Waals surface area contributed by atoms with Gasteiger partial charge in [0.25, 0.3) is 0 Å². The lowest BCUT2D eigenvalue weighted by Gasteiger charge is -2.19. The van der Waals surface area contributed by atoms with E-state index in [9.17, 15) is 4.39 Å². The SMILES string of the molecule is CC/C=C/NC(=NC(C)C1=NCC=C(C)S1)c1cc(-c2ccc(F)cn2)cc(OC)c1C. The molecule has 0 saturated carbocycles. The standard InChI is InChI=1S/C25H29FN4OS/c1-6-7-11-27-24(30-18(4)25-28-12-10-16(2)32-25)21-13-19(14-23(31-5)17(21)3)22-9-8-20(26)15-29-22/h7-11,13-15,18H,6,12H2,1-5H3,(H,27,30)/b11-7+. The normalized spacial score (nSPS) is 15.4. The molecule has 1 unspecified atom stereocenters. The van der Waals surface area contributed by atoms with E-state index in [1.807, 2.05) is 38.3 Å². The highest BCUT2D eigenvalue weighted by Gasteiger charge is 2.18. The van der Waals surface area contributed by atoms with E-state index >= 15 is 0 Å². The van der Waals surface area contributed by atoms with Gasteiger partial charge in [-0.3, -0.25) is 15.0 Å². The molecule has 7 heteroatoms. The molecule has 1 N–H and O–H groups in total. The number of benzene rings is 1. The smallest absolute Gasteiger partial charge is 0.141 e. The molecule has 0 radical (unpaired) electrons. The number of hydrogen-bond donors (Lipinski definition) is 1. The number of methoxy groups -OCH3 is 1. The molecule has 168 valence electrons. The summed E-state index contributed by atoms with van der Waals surface area (Å²) in [5.41, 5.74) is 3.34. The van der Waals surface area contributed by atoms with E-state index in [0.717, 1.165) is 34.0 Å². The Labute approximate surface area is 193 Å². The van der Waals surface area contributed by atoms with E-state index < -0.39 is 0 Å². The number of nitrogens with zero attached hydrogens (tertiary/aromatic N) is 3. The van der Waals surface area contributed by atoms with E-state index in [0.29, 0.717) is 18.0 Å². The molecule has 0 bridgehead atoms. The number of ether oxygens (including phenoxy) is 1. The summed E-state index contributed by atoms with van der Waals surface area (Å²) >= 11 is 1.66. The summed E-state index contributed by atoms with van der Waals surface area (Å²) in [5.74, 6) is 1.07. The highest BCUT2D eigenvalue weighted by Crippen LogP contribution is 2.30. The lowest BCUT2D eigenvalue weighted by atomic mass is 10.00. The largest absolute Gasteiger partial charge is 0.496 e. The van der Waals surface area contributed by atoms with Gasteiger partial charge in [-0.25, -0.2) is 4.39 Å². The van der Waals surface area contributed by atoms with Crippen LogP contribution in [0.2, 0.25) is 0 Å². The number of aromatic nitrogens is 1. The first-order valence-corrected chi connectivity index (χ1v) is 11.4. The Kier molecular flexibility index (Phi) is 8.22. The Balaban J connectivity index is 2.08. The van der Waals surface area contributed by atoms with Gasteiger partial charge in [0.2, 0.25) is 0 Å². The molecule has 1 aromatic heterocycles. The minimum atomic E-state index is -0.370. The minimum Gasteiger partial charge on any atom is -0.496 e. The van der Waals surface area contributed by atoms with Gasteiger partial charge in [0, 0.05) is 16.7 Å². The zero-order chi connectivity index (χ0) is 23.1. The molecule has 3 rings (SSSR count). The number of rotatable bonds is 7. The van der Waals surface area contributed by atoms with Crippen LogP contribution in [-0.2, 0) is 0 Å². The van der Waals surface area contributed by atoms with Gasteiger partial charge in [-0.15, -0.1) is 0 Å². The zero-order valence-electron chi connectivity index (χ0n) is 19.1. The molecule has 1 aromatic carbocycles. The molecular formula is C25H29FN4OS. The zero-order valence-corrected chi connectivity index (χ0v) is 20.0. The maximum atomic E-state index is 13.4. The third-order valence-corrected chi connectivity index (χ3v) is 6.17. The topological polar surface area (TPSA) is 58.9 Å². The Hall–Kier alpha value is -2.93. The van der Waals surface area contributed by atoms with Crippen LogP contribution in [0.5, 0.6) is 5.75 Å². The van der Waals surface area contributed by atoms with Gasteiger partial charge < -0.3 is 10.1 Å². The van der Waals surface area contributed by atoms with E-state index in [-0.39, 0.29) is 11.9 Å². The van der Waals surface area contributed by atoms with Gasteiger partial charge in [0.1, 0.15) is 17.4 Å². The van der Waals surface area contributed by atoms with Crippen LogP contribution in [0.15, 0.2) is 63.7 Å². The van der Waals surface area contributed by atoms with Crippen molar-refractivity contribution in [1.82, 2.24) is 10.3 Å². The second kappa shape index (κ2) is 11.1. The van der Waals surface area contributed by atoms with Crippen LogP contribution in [-0.4, -0.2) is 35.6 Å². The molecule has 1 aliphatic heterocycles. The van der Waals surface area contributed by atoms with Crippen molar-refractivity contribution in [1.29, 1.82) is 0 Å². The van der Waals surface area contributed by atoms with Gasteiger partial charge in [0.15, 0.2) is 0 Å². The predicted octanol–water partition coefficient (Wildman–Crippen LogP) is 5.90. The first-order valence-electron chi connectivity index (χ1n) is 10.6. The molecule has 0 fully saturated rings. The van der Waals surface area contributed by atoms with Gasteiger partial charge in [-0.1, -0.05) is 30.8 Å². The van der Waals surface area contributed by atoms with Crippen LogP contribution in [0.4, 0.5) is 4.39 Å². The third kappa shape index (κ3) is 5.85. The van der Waals surface area contributed by atoms with Crippen molar-refractivity contribution in [2.75, 3.05) is 13.7 Å². The molecule has 1 aliphatic rings. The number of amidine groups is 1. The van der Waals surface area contributed by atoms with E-state index in [1.54, 1.807) is 24.9 Å². The van der Waals surface area contributed by atoms with Gasteiger partial charge in [0.05, 0.1) is 36.6 Å². The lowest BCUT2D eigenvalue weighted by Crippen LogP contribution is -2.25. The van der Waals surface area contributed by atoms with Crippen LogP contribution < -0.4 is 10.1 Å². The van der Waals surface area contributed by atoms with Crippen molar-refractivity contribution < 1.29 is 9.13 Å². The average molecular weight is 453 g/mol. The van der Waals surface area contributed by atoms with Crippen LogP contribution in [0.25, 0.3) is 11.3 Å². The van der Waals surface area contributed by atoms with Gasteiger partial charge in [-0.2, -0.15) is 0 Å². The van der Waals surface area contributed by atoms with E-state index in [2.05, 4.69) is 35.2 Å². The number of halogens is 1. The fraction of sp³-hybridized carbons (Fsp3) is 0.320. The quantitative estimate of drug-likeness (QED) is 0.420. The van der Waals surface area contributed by atoms with E-state index in [4.69, 9.17) is 9.73 Å². The molecule has 5 nitrogen and oxygen atoms in total. The maximum absolute atomic E-state index is 13.4. The Bertz CT molecular complexity index is 1070. The monoisotopic (exact) mass is 452 g/mol. The molecule has 32 heavy (non-hydrogen) atoms. The fourth-order valence-electron chi connectivity index (χ4n) is 3.25. The molecule has 2 heterocycles. The van der Waals surface area contributed by atoms with Crippen LogP contribution >= 0.6 is 11.8 Å². The van der Waals surface area contributed by atoms with Crippen molar-refractivity contribution in [2.45, 2.75) is 40.2 Å².